The van der Waals surface area contributed by atoms with E-state index in [9.17, 15) is 14.0 Å². The number of nitrogens with zero attached hydrogens (tertiary/aromatic N) is 2. The molecule has 0 spiro atoms. The molecule has 7 nitrogen and oxygen atoms in total. The highest BCUT2D eigenvalue weighted by atomic mass is 19.1. The van der Waals surface area contributed by atoms with Crippen molar-refractivity contribution >= 4 is 11.8 Å². The van der Waals surface area contributed by atoms with Crippen LogP contribution in [0.2, 0.25) is 0 Å². The van der Waals surface area contributed by atoms with Crippen LogP contribution in [0.25, 0.3) is 0 Å². The van der Waals surface area contributed by atoms with Crippen molar-refractivity contribution < 1.29 is 23.1 Å². The van der Waals surface area contributed by atoms with Gasteiger partial charge in [0.25, 0.3) is 5.91 Å². The Labute approximate surface area is 209 Å². The molecule has 0 bridgehead atoms. The SMILES string of the molecule is CC(C)CNC(=O)c1coc(COc2ccc3c(c2)C(c2cccc(F)c2)N(C(=O)C2CC2)CC3)n1. The highest BCUT2D eigenvalue weighted by Crippen LogP contribution is 2.41. The second kappa shape index (κ2) is 10.1. The molecule has 1 saturated carbocycles. The molecule has 36 heavy (non-hydrogen) atoms. The molecule has 8 heteroatoms. The summed E-state index contributed by atoms with van der Waals surface area (Å²) in [5, 5.41) is 2.81. The molecule has 1 aliphatic carbocycles. The lowest BCUT2D eigenvalue weighted by Gasteiger charge is -2.38. The van der Waals surface area contributed by atoms with Crippen LogP contribution in [0.1, 0.15) is 65.8 Å². The van der Waals surface area contributed by atoms with E-state index in [0.29, 0.717) is 24.8 Å². The molecule has 1 fully saturated rings. The molecule has 5 rings (SSSR count). The molecule has 1 N–H and O–H groups in total. The summed E-state index contributed by atoms with van der Waals surface area (Å²) in [6.45, 7) is 5.23. The molecule has 2 amide bonds. The third-order valence-electron chi connectivity index (χ3n) is 6.54. The number of amides is 2. The van der Waals surface area contributed by atoms with E-state index in [1.54, 1.807) is 6.07 Å². The number of carbonyl (C=O) groups excluding carboxylic acids is 2. The van der Waals surface area contributed by atoms with Crippen LogP contribution in [0, 0.1) is 17.7 Å². The van der Waals surface area contributed by atoms with Gasteiger partial charge in [0.15, 0.2) is 12.3 Å². The largest absolute Gasteiger partial charge is 0.484 e. The van der Waals surface area contributed by atoms with E-state index in [1.807, 2.05) is 43.0 Å². The van der Waals surface area contributed by atoms with Crippen molar-refractivity contribution in [3.8, 4) is 5.75 Å². The van der Waals surface area contributed by atoms with Gasteiger partial charge in [0, 0.05) is 19.0 Å². The molecule has 2 heterocycles. The first-order valence-corrected chi connectivity index (χ1v) is 12.4. The Morgan fingerprint density at radius 1 is 1.22 bits per heavy atom. The smallest absolute Gasteiger partial charge is 0.273 e. The third kappa shape index (κ3) is 5.27. The van der Waals surface area contributed by atoms with Crippen molar-refractivity contribution in [3.63, 3.8) is 0 Å². The quantitative estimate of drug-likeness (QED) is 0.495. The molecule has 0 saturated heterocycles. The van der Waals surface area contributed by atoms with Crippen molar-refractivity contribution in [1.82, 2.24) is 15.2 Å². The highest BCUT2D eigenvalue weighted by molar-refractivity contribution is 5.91. The van der Waals surface area contributed by atoms with Gasteiger partial charge in [0.05, 0.1) is 6.04 Å². The fourth-order valence-electron chi connectivity index (χ4n) is 4.54. The highest BCUT2D eigenvalue weighted by Gasteiger charge is 2.39. The second-order valence-corrected chi connectivity index (χ2v) is 9.89. The number of aromatic nitrogens is 1. The van der Waals surface area contributed by atoms with Gasteiger partial charge in [-0.2, -0.15) is 0 Å². The molecular formula is C28H30FN3O4. The average molecular weight is 492 g/mol. The van der Waals surface area contributed by atoms with Crippen LogP contribution in [0.4, 0.5) is 4.39 Å². The zero-order valence-corrected chi connectivity index (χ0v) is 20.5. The summed E-state index contributed by atoms with van der Waals surface area (Å²) in [6, 6.07) is 11.9. The summed E-state index contributed by atoms with van der Waals surface area (Å²) in [6.07, 6.45) is 3.88. The standard InChI is InChI=1S/C28H30FN3O4/c1-17(2)14-30-27(33)24-15-36-25(31-24)16-35-22-9-8-18-10-11-32(28(34)19-6-7-19)26(23(18)13-22)20-4-3-5-21(29)12-20/h3-5,8-9,12-13,15,17,19,26H,6-7,10-11,14,16H2,1-2H3,(H,30,33). The van der Waals surface area contributed by atoms with Gasteiger partial charge in [-0.15, -0.1) is 0 Å². The molecule has 0 radical (unpaired) electrons. The van der Waals surface area contributed by atoms with Gasteiger partial charge in [0.2, 0.25) is 11.8 Å². The zero-order valence-electron chi connectivity index (χ0n) is 20.5. The van der Waals surface area contributed by atoms with E-state index in [0.717, 1.165) is 36.0 Å². The van der Waals surface area contributed by atoms with E-state index in [4.69, 9.17) is 9.15 Å². The molecular weight excluding hydrogens is 461 g/mol. The number of ether oxygens (including phenoxy) is 1. The Kier molecular flexibility index (Phi) is 6.76. The summed E-state index contributed by atoms with van der Waals surface area (Å²) in [5.74, 6) is 0.783. The Morgan fingerprint density at radius 2 is 2.06 bits per heavy atom. The summed E-state index contributed by atoms with van der Waals surface area (Å²) in [4.78, 5) is 31.4. The van der Waals surface area contributed by atoms with Gasteiger partial charge in [0.1, 0.15) is 17.8 Å². The predicted molar refractivity (Wildman–Crippen MR) is 131 cm³/mol. The fourth-order valence-corrected chi connectivity index (χ4v) is 4.54. The number of rotatable bonds is 8. The third-order valence-corrected chi connectivity index (χ3v) is 6.54. The fraction of sp³-hybridized carbons (Fsp3) is 0.393. The first-order chi connectivity index (χ1) is 17.4. The van der Waals surface area contributed by atoms with E-state index in [1.165, 1.54) is 18.4 Å². The van der Waals surface area contributed by atoms with Gasteiger partial charge >= 0.3 is 0 Å². The van der Waals surface area contributed by atoms with Crippen LogP contribution in [-0.4, -0.2) is 34.8 Å². The maximum atomic E-state index is 14.2. The minimum absolute atomic E-state index is 0.0472. The Morgan fingerprint density at radius 3 is 2.81 bits per heavy atom. The number of hydrogen-bond donors (Lipinski definition) is 1. The summed E-state index contributed by atoms with van der Waals surface area (Å²) in [7, 11) is 0. The average Bonchev–Trinajstić information content (AvgIpc) is 3.62. The summed E-state index contributed by atoms with van der Waals surface area (Å²) in [5.41, 5.74) is 2.99. The lowest BCUT2D eigenvalue weighted by Crippen LogP contribution is -2.41. The molecule has 1 aliphatic heterocycles. The molecule has 1 unspecified atom stereocenters. The predicted octanol–water partition coefficient (Wildman–Crippen LogP) is 4.66. The van der Waals surface area contributed by atoms with E-state index < -0.39 is 0 Å². The van der Waals surface area contributed by atoms with Gasteiger partial charge < -0.3 is 19.4 Å². The van der Waals surface area contributed by atoms with E-state index >= 15 is 0 Å². The Balaban J connectivity index is 1.35. The van der Waals surface area contributed by atoms with Crippen molar-refractivity contribution in [1.29, 1.82) is 0 Å². The van der Waals surface area contributed by atoms with Crippen molar-refractivity contribution in [3.05, 3.63) is 82.8 Å². The molecule has 1 aromatic heterocycles. The Hall–Kier alpha value is -3.68. The van der Waals surface area contributed by atoms with Crippen LogP contribution in [0.5, 0.6) is 5.75 Å². The molecule has 188 valence electrons. The maximum Gasteiger partial charge on any atom is 0.273 e. The number of carbonyl (C=O) groups is 2. The molecule has 1 atom stereocenters. The van der Waals surface area contributed by atoms with Crippen LogP contribution in [-0.2, 0) is 17.8 Å². The monoisotopic (exact) mass is 491 g/mol. The topological polar surface area (TPSA) is 84.7 Å². The normalized spacial score (nSPS) is 17.1. The minimum Gasteiger partial charge on any atom is -0.484 e. The zero-order chi connectivity index (χ0) is 25.2. The van der Waals surface area contributed by atoms with Gasteiger partial charge in [-0.05, 0) is 66.1 Å². The van der Waals surface area contributed by atoms with Crippen molar-refractivity contribution in [2.24, 2.45) is 11.8 Å². The first kappa shape index (κ1) is 24.0. The van der Waals surface area contributed by atoms with Gasteiger partial charge in [-0.1, -0.05) is 32.0 Å². The van der Waals surface area contributed by atoms with Crippen LogP contribution >= 0.6 is 0 Å². The van der Waals surface area contributed by atoms with Gasteiger partial charge in [-0.25, -0.2) is 9.37 Å². The van der Waals surface area contributed by atoms with Crippen molar-refractivity contribution in [2.45, 2.75) is 45.8 Å². The van der Waals surface area contributed by atoms with Crippen LogP contribution in [0.3, 0.4) is 0 Å². The first-order valence-electron chi connectivity index (χ1n) is 12.4. The summed E-state index contributed by atoms with van der Waals surface area (Å²) < 4.78 is 25.5. The number of benzene rings is 2. The maximum absolute atomic E-state index is 14.2. The molecule has 3 aromatic rings. The second-order valence-electron chi connectivity index (χ2n) is 9.89. The number of hydrogen-bond acceptors (Lipinski definition) is 5. The van der Waals surface area contributed by atoms with Gasteiger partial charge in [-0.3, -0.25) is 9.59 Å². The number of nitrogens with one attached hydrogen (secondary N) is 1. The number of oxazole rings is 1. The van der Waals surface area contributed by atoms with E-state index in [-0.39, 0.29) is 47.8 Å². The minimum atomic E-state index is -0.376. The lowest BCUT2D eigenvalue weighted by molar-refractivity contribution is -0.134. The van der Waals surface area contributed by atoms with E-state index in [2.05, 4.69) is 10.3 Å². The van der Waals surface area contributed by atoms with Crippen molar-refractivity contribution in [2.75, 3.05) is 13.1 Å². The Bertz CT molecular complexity index is 1270. The number of fused-ring (bicyclic) bond motifs is 1. The van der Waals surface area contributed by atoms with Crippen LogP contribution in [0.15, 0.2) is 53.1 Å². The molecule has 2 aromatic carbocycles. The number of halogens is 1. The summed E-state index contributed by atoms with van der Waals surface area (Å²) >= 11 is 0. The van der Waals surface area contributed by atoms with Crippen LogP contribution < -0.4 is 10.1 Å². The lowest BCUT2D eigenvalue weighted by atomic mass is 9.87. The molecule has 2 aliphatic rings.